The molecule has 0 bridgehead atoms. The maximum atomic E-state index is 13.5. The minimum absolute atomic E-state index is 0.234. The van der Waals surface area contributed by atoms with Crippen LogP contribution in [0.5, 0.6) is 0 Å². The molecular formula is C27H31NO3S2. The third-order valence-corrected chi connectivity index (χ3v) is 8.77. The Balaban J connectivity index is 2.18. The molecule has 33 heavy (non-hydrogen) atoms. The first-order valence-electron chi connectivity index (χ1n) is 10.8. The molecule has 0 aliphatic heterocycles. The van der Waals surface area contributed by atoms with Gasteiger partial charge in [-0.15, -0.1) is 0 Å². The highest BCUT2D eigenvalue weighted by molar-refractivity contribution is 7.91. The molecule has 0 unspecified atom stereocenters. The van der Waals surface area contributed by atoms with Crippen LogP contribution in [0.15, 0.2) is 95.9 Å². The fourth-order valence-corrected chi connectivity index (χ4v) is 5.99. The summed E-state index contributed by atoms with van der Waals surface area (Å²) in [7, 11) is -5.24. The van der Waals surface area contributed by atoms with E-state index in [0.717, 1.165) is 16.7 Å². The third-order valence-electron chi connectivity index (χ3n) is 5.28. The summed E-state index contributed by atoms with van der Waals surface area (Å²) in [5.74, 6) is -0.280. The fraction of sp³-hybridized carbons (Fsp3) is 0.259. The van der Waals surface area contributed by atoms with Gasteiger partial charge >= 0.3 is 0 Å². The second-order valence-electron chi connectivity index (χ2n) is 9.14. The van der Waals surface area contributed by atoms with Gasteiger partial charge in [-0.2, -0.15) is 0 Å². The van der Waals surface area contributed by atoms with Crippen LogP contribution >= 0.6 is 0 Å². The van der Waals surface area contributed by atoms with Crippen molar-refractivity contribution in [1.29, 1.82) is 0 Å². The van der Waals surface area contributed by atoms with E-state index in [2.05, 4.69) is 4.72 Å². The molecule has 2 atom stereocenters. The van der Waals surface area contributed by atoms with Gasteiger partial charge in [-0.05, 0) is 51.0 Å². The molecule has 0 spiro atoms. The number of nitrogens with one attached hydrogen (secondary N) is 1. The molecule has 3 aromatic rings. The minimum Gasteiger partial charge on any atom is -0.242 e. The molecule has 174 valence electrons. The van der Waals surface area contributed by atoms with E-state index >= 15 is 0 Å². The van der Waals surface area contributed by atoms with E-state index in [1.54, 1.807) is 30.3 Å². The number of rotatable bonds is 8. The van der Waals surface area contributed by atoms with E-state index in [4.69, 9.17) is 0 Å². The van der Waals surface area contributed by atoms with Crippen LogP contribution in [0.3, 0.4) is 0 Å². The number of sulfone groups is 1. The Hall–Kier alpha value is -2.54. The lowest BCUT2D eigenvalue weighted by atomic mass is 9.92. The molecule has 4 nitrogen and oxygen atoms in total. The van der Waals surface area contributed by atoms with Gasteiger partial charge in [0.1, 0.15) is 0 Å². The fourth-order valence-electron chi connectivity index (χ4n) is 3.33. The van der Waals surface area contributed by atoms with E-state index in [-0.39, 0.29) is 10.6 Å². The van der Waals surface area contributed by atoms with Gasteiger partial charge in [0, 0.05) is 0 Å². The van der Waals surface area contributed by atoms with E-state index in [9.17, 15) is 12.6 Å². The van der Waals surface area contributed by atoms with Crippen molar-refractivity contribution in [2.24, 2.45) is 0 Å². The first-order chi connectivity index (χ1) is 15.5. The van der Waals surface area contributed by atoms with Crippen LogP contribution in [0, 0.1) is 6.92 Å². The zero-order chi connectivity index (χ0) is 24.1. The van der Waals surface area contributed by atoms with Gasteiger partial charge in [0.05, 0.1) is 31.9 Å². The van der Waals surface area contributed by atoms with E-state index < -0.39 is 31.1 Å². The van der Waals surface area contributed by atoms with E-state index in [0.29, 0.717) is 0 Å². The molecule has 0 aliphatic carbocycles. The Morgan fingerprint density at radius 1 is 0.848 bits per heavy atom. The number of benzene rings is 3. The summed E-state index contributed by atoms with van der Waals surface area (Å²) in [6.45, 7) is 7.60. The van der Waals surface area contributed by atoms with Crippen molar-refractivity contribution in [3.63, 3.8) is 0 Å². The summed E-state index contributed by atoms with van der Waals surface area (Å²) in [6.07, 6.45) is 3.72. The molecule has 0 fully saturated rings. The molecule has 1 N–H and O–H groups in total. The largest absolute Gasteiger partial charge is 0.242 e. The zero-order valence-electron chi connectivity index (χ0n) is 19.5. The van der Waals surface area contributed by atoms with E-state index in [1.165, 1.54) is 0 Å². The van der Waals surface area contributed by atoms with Crippen molar-refractivity contribution < 1.29 is 12.6 Å². The van der Waals surface area contributed by atoms with Gasteiger partial charge in [-0.3, -0.25) is 0 Å². The third kappa shape index (κ3) is 6.50. The highest BCUT2D eigenvalue weighted by atomic mass is 32.2. The van der Waals surface area contributed by atoms with Gasteiger partial charge < -0.3 is 0 Å². The standard InChI is InChI=1S/C27H31NO3S2/c1-22-15-17-23(18-16-22)19-20-27(24-11-7-5-8-12-24,28-32(29)26(2,3)4)21-33(30,31)25-13-9-6-10-14-25/h5-20,28H,21H2,1-4H3/b20-19+/t27-,32+/m1/s1. The van der Waals surface area contributed by atoms with Crippen molar-refractivity contribution in [1.82, 2.24) is 4.72 Å². The Bertz CT molecular complexity index is 1210. The number of hydrogen-bond acceptors (Lipinski definition) is 3. The summed E-state index contributed by atoms with van der Waals surface area (Å²) < 4.78 is 43.0. The normalized spacial score (nSPS) is 15.3. The van der Waals surface area contributed by atoms with Crippen molar-refractivity contribution in [3.05, 3.63) is 108 Å². The first-order valence-corrected chi connectivity index (χ1v) is 13.6. The Labute approximate surface area is 200 Å². The maximum Gasteiger partial charge on any atom is 0.180 e. The molecule has 0 aliphatic rings. The van der Waals surface area contributed by atoms with Crippen LogP contribution in [-0.2, 0) is 26.4 Å². The predicted molar refractivity (Wildman–Crippen MR) is 138 cm³/mol. The predicted octanol–water partition coefficient (Wildman–Crippen LogP) is 5.43. The van der Waals surface area contributed by atoms with E-state index in [1.807, 2.05) is 94.4 Å². The summed E-state index contributed by atoms with van der Waals surface area (Å²) in [5, 5.41) is 0. The van der Waals surface area contributed by atoms with Crippen LogP contribution in [-0.4, -0.2) is 23.1 Å². The maximum absolute atomic E-state index is 13.5. The van der Waals surface area contributed by atoms with Gasteiger partial charge in [-0.25, -0.2) is 17.3 Å². The SMILES string of the molecule is Cc1ccc(/C=C/[C@](CS(=O)(=O)c2ccccc2)(N[S@@](=O)C(C)(C)C)c2ccccc2)cc1. The summed E-state index contributed by atoms with van der Waals surface area (Å²) in [6, 6.07) is 25.7. The van der Waals surface area contributed by atoms with Gasteiger partial charge in [0.25, 0.3) is 0 Å². The second-order valence-corrected chi connectivity index (χ2v) is 13.1. The van der Waals surface area contributed by atoms with Crippen molar-refractivity contribution in [3.8, 4) is 0 Å². The minimum atomic E-state index is -3.72. The highest BCUT2D eigenvalue weighted by Crippen LogP contribution is 2.31. The van der Waals surface area contributed by atoms with Crippen LogP contribution < -0.4 is 4.72 Å². The molecule has 0 saturated carbocycles. The van der Waals surface area contributed by atoms with Crippen LogP contribution in [0.4, 0.5) is 0 Å². The molecule has 0 saturated heterocycles. The number of hydrogen-bond donors (Lipinski definition) is 1. The average molecular weight is 482 g/mol. The van der Waals surface area contributed by atoms with Gasteiger partial charge in [0.2, 0.25) is 0 Å². The molecular weight excluding hydrogens is 450 g/mol. The molecule has 0 heterocycles. The Morgan fingerprint density at radius 2 is 1.39 bits per heavy atom. The monoisotopic (exact) mass is 481 g/mol. The Morgan fingerprint density at radius 3 is 1.94 bits per heavy atom. The molecule has 0 radical (unpaired) electrons. The van der Waals surface area contributed by atoms with Gasteiger partial charge in [-0.1, -0.05) is 90.5 Å². The van der Waals surface area contributed by atoms with Crippen molar-refractivity contribution >= 4 is 26.9 Å². The smallest absolute Gasteiger partial charge is 0.180 e. The molecule has 0 aromatic heterocycles. The highest BCUT2D eigenvalue weighted by Gasteiger charge is 2.39. The first kappa shape index (κ1) is 25.1. The summed E-state index contributed by atoms with van der Waals surface area (Å²) >= 11 is 0. The molecule has 3 aromatic carbocycles. The number of aryl methyl sites for hydroxylation is 1. The van der Waals surface area contributed by atoms with Crippen LogP contribution in [0.1, 0.15) is 37.5 Å². The van der Waals surface area contributed by atoms with Crippen molar-refractivity contribution in [2.45, 2.75) is 42.9 Å². The lowest BCUT2D eigenvalue weighted by molar-refractivity contribution is 0.525. The average Bonchev–Trinajstić information content (AvgIpc) is 2.79. The summed E-state index contributed by atoms with van der Waals surface area (Å²) in [4.78, 5) is 0.234. The lowest BCUT2D eigenvalue weighted by Gasteiger charge is -2.34. The van der Waals surface area contributed by atoms with Gasteiger partial charge in [0.15, 0.2) is 9.84 Å². The van der Waals surface area contributed by atoms with Crippen LogP contribution in [0.2, 0.25) is 0 Å². The molecule has 6 heteroatoms. The lowest BCUT2D eigenvalue weighted by Crippen LogP contribution is -2.50. The topological polar surface area (TPSA) is 63.2 Å². The second kappa shape index (κ2) is 10.2. The molecule has 3 rings (SSSR count). The van der Waals surface area contributed by atoms with Crippen molar-refractivity contribution in [2.75, 3.05) is 5.75 Å². The quantitative estimate of drug-likeness (QED) is 0.467. The Kier molecular flexibility index (Phi) is 7.73. The zero-order valence-corrected chi connectivity index (χ0v) is 21.1. The molecule has 0 amide bonds. The van der Waals surface area contributed by atoms with Crippen LogP contribution in [0.25, 0.3) is 6.08 Å². The summed E-state index contributed by atoms with van der Waals surface area (Å²) in [5.41, 5.74) is 1.59.